The average molecular weight is 330 g/mol. The Bertz CT molecular complexity index is 930. The molecule has 0 saturated heterocycles. The smallest absolute Gasteiger partial charge is 0.338 e. The molecule has 3 aromatic rings. The van der Waals surface area contributed by atoms with Gasteiger partial charge in [-0.1, -0.05) is 36.3 Å². The lowest BCUT2D eigenvalue weighted by Gasteiger charge is -2.05. The molecule has 4 nitrogen and oxygen atoms in total. The molecular weight excluding hydrogens is 312 g/mol. The Morgan fingerprint density at radius 2 is 1.80 bits per heavy atom. The summed E-state index contributed by atoms with van der Waals surface area (Å²) in [6.45, 7) is 2.15. The molecule has 0 aliphatic rings. The van der Waals surface area contributed by atoms with E-state index in [-0.39, 0.29) is 5.97 Å². The van der Waals surface area contributed by atoms with Crippen molar-refractivity contribution >= 4 is 5.97 Å². The molecule has 3 rings (SSSR count). The van der Waals surface area contributed by atoms with Gasteiger partial charge in [-0.25, -0.2) is 9.78 Å². The Morgan fingerprint density at radius 1 is 1.08 bits per heavy atom. The minimum Gasteiger partial charge on any atom is -0.462 e. The summed E-state index contributed by atoms with van der Waals surface area (Å²) in [5.74, 6) is 6.76. The van der Waals surface area contributed by atoms with Crippen LogP contribution in [0.15, 0.2) is 60.8 Å². The van der Waals surface area contributed by atoms with Gasteiger partial charge in [-0.2, -0.15) is 0 Å². The van der Waals surface area contributed by atoms with Crippen LogP contribution in [-0.4, -0.2) is 22.1 Å². The van der Waals surface area contributed by atoms with Crippen LogP contribution in [0, 0.1) is 11.8 Å². The normalized spacial score (nSPS) is 10.0. The minimum atomic E-state index is -0.316. The van der Waals surface area contributed by atoms with E-state index in [1.807, 2.05) is 54.1 Å². The predicted molar refractivity (Wildman–Crippen MR) is 97.0 cm³/mol. The van der Waals surface area contributed by atoms with Crippen molar-refractivity contribution in [2.75, 3.05) is 6.61 Å². The van der Waals surface area contributed by atoms with E-state index in [4.69, 9.17) is 4.74 Å². The molecule has 25 heavy (non-hydrogen) atoms. The maximum absolute atomic E-state index is 11.7. The molecule has 4 heteroatoms. The molecule has 0 amide bonds. The summed E-state index contributed by atoms with van der Waals surface area (Å²) in [5.41, 5.74) is 3.24. The van der Waals surface area contributed by atoms with E-state index >= 15 is 0 Å². The van der Waals surface area contributed by atoms with Gasteiger partial charge in [0.25, 0.3) is 0 Å². The zero-order valence-electron chi connectivity index (χ0n) is 14.2. The highest BCUT2D eigenvalue weighted by Gasteiger charge is 2.10. The average Bonchev–Trinajstić information content (AvgIpc) is 3.02. The third-order valence-corrected chi connectivity index (χ3v) is 3.75. The number of ether oxygens (including phenoxy) is 1. The Labute approximate surface area is 147 Å². The predicted octanol–water partition coefficient (Wildman–Crippen LogP) is 3.66. The Hall–Kier alpha value is -3.32. The standard InChI is InChI=1S/C21H18N2O2/c1-3-25-21(24)18-12-10-17(11-13-18)20-22-15-19(23(20)2)14-9-16-7-5-4-6-8-16/h4-8,10-13,15H,3H2,1-2H3. The minimum absolute atomic E-state index is 0.316. The van der Waals surface area contributed by atoms with Gasteiger partial charge in [-0.15, -0.1) is 0 Å². The lowest BCUT2D eigenvalue weighted by Crippen LogP contribution is -2.04. The first kappa shape index (κ1) is 16.5. The van der Waals surface area contributed by atoms with Crippen molar-refractivity contribution in [1.82, 2.24) is 9.55 Å². The summed E-state index contributed by atoms with van der Waals surface area (Å²) in [5, 5.41) is 0. The fourth-order valence-corrected chi connectivity index (χ4v) is 2.42. The van der Waals surface area contributed by atoms with Crippen LogP contribution in [0.2, 0.25) is 0 Å². The molecule has 0 radical (unpaired) electrons. The van der Waals surface area contributed by atoms with Crippen molar-refractivity contribution in [3.63, 3.8) is 0 Å². The summed E-state index contributed by atoms with van der Waals surface area (Å²) >= 11 is 0. The van der Waals surface area contributed by atoms with Gasteiger partial charge in [0.15, 0.2) is 0 Å². The summed E-state index contributed by atoms with van der Waals surface area (Å²) < 4.78 is 6.94. The van der Waals surface area contributed by atoms with Crippen LogP contribution < -0.4 is 0 Å². The number of aromatic nitrogens is 2. The van der Waals surface area contributed by atoms with Crippen LogP contribution in [-0.2, 0) is 11.8 Å². The fourth-order valence-electron chi connectivity index (χ4n) is 2.42. The molecule has 0 spiro atoms. The highest BCUT2D eigenvalue weighted by Crippen LogP contribution is 2.19. The van der Waals surface area contributed by atoms with Crippen LogP contribution >= 0.6 is 0 Å². The van der Waals surface area contributed by atoms with Crippen molar-refractivity contribution in [2.24, 2.45) is 7.05 Å². The van der Waals surface area contributed by atoms with Crippen molar-refractivity contribution < 1.29 is 9.53 Å². The third-order valence-electron chi connectivity index (χ3n) is 3.75. The first-order chi connectivity index (χ1) is 12.2. The summed E-state index contributed by atoms with van der Waals surface area (Å²) in [6, 6.07) is 17.1. The highest BCUT2D eigenvalue weighted by molar-refractivity contribution is 5.89. The first-order valence-electron chi connectivity index (χ1n) is 8.05. The molecular formula is C21H18N2O2. The number of benzene rings is 2. The first-order valence-corrected chi connectivity index (χ1v) is 8.05. The molecule has 0 saturated carbocycles. The Balaban J connectivity index is 1.84. The molecule has 2 aromatic carbocycles. The van der Waals surface area contributed by atoms with Crippen LogP contribution in [0.1, 0.15) is 28.5 Å². The molecule has 0 fully saturated rings. The number of carbonyl (C=O) groups is 1. The molecule has 0 aliphatic heterocycles. The molecule has 0 unspecified atom stereocenters. The highest BCUT2D eigenvalue weighted by atomic mass is 16.5. The van der Waals surface area contributed by atoms with Crippen molar-refractivity contribution in [1.29, 1.82) is 0 Å². The largest absolute Gasteiger partial charge is 0.462 e. The lowest BCUT2D eigenvalue weighted by atomic mass is 10.1. The monoisotopic (exact) mass is 330 g/mol. The van der Waals surface area contributed by atoms with Crippen molar-refractivity contribution in [2.45, 2.75) is 6.92 Å². The SMILES string of the molecule is CCOC(=O)c1ccc(-c2ncc(C#Cc3ccccc3)n2C)cc1. The van der Waals surface area contributed by atoms with Gasteiger partial charge in [-0.3, -0.25) is 0 Å². The molecule has 1 heterocycles. The zero-order valence-corrected chi connectivity index (χ0v) is 14.2. The van der Waals surface area contributed by atoms with E-state index in [9.17, 15) is 4.79 Å². The van der Waals surface area contributed by atoms with Gasteiger partial charge in [0, 0.05) is 18.2 Å². The van der Waals surface area contributed by atoms with Crippen LogP contribution in [0.25, 0.3) is 11.4 Å². The number of nitrogens with zero attached hydrogens (tertiary/aromatic N) is 2. The molecule has 0 aliphatic carbocycles. The quantitative estimate of drug-likeness (QED) is 0.544. The van der Waals surface area contributed by atoms with Gasteiger partial charge in [0.1, 0.15) is 11.5 Å². The number of hydrogen-bond acceptors (Lipinski definition) is 3. The van der Waals surface area contributed by atoms with E-state index in [1.54, 1.807) is 25.3 Å². The van der Waals surface area contributed by atoms with E-state index in [0.717, 1.165) is 22.6 Å². The van der Waals surface area contributed by atoms with Crippen LogP contribution in [0.5, 0.6) is 0 Å². The van der Waals surface area contributed by atoms with Gasteiger partial charge in [-0.05, 0) is 37.1 Å². The van der Waals surface area contributed by atoms with E-state index in [2.05, 4.69) is 16.8 Å². The third kappa shape index (κ3) is 3.78. The van der Waals surface area contributed by atoms with E-state index in [0.29, 0.717) is 12.2 Å². The molecule has 1 aromatic heterocycles. The second-order valence-corrected chi connectivity index (χ2v) is 5.44. The fraction of sp³-hybridized carbons (Fsp3) is 0.143. The number of esters is 1. The topological polar surface area (TPSA) is 44.1 Å². The van der Waals surface area contributed by atoms with Crippen molar-refractivity contribution in [3.05, 3.63) is 77.6 Å². The second-order valence-electron chi connectivity index (χ2n) is 5.44. The lowest BCUT2D eigenvalue weighted by molar-refractivity contribution is 0.0526. The maximum atomic E-state index is 11.7. The summed E-state index contributed by atoms with van der Waals surface area (Å²) in [4.78, 5) is 16.2. The number of carbonyl (C=O) groups excluding carboxylic acids is 1. The number of imidazole rings is 1. The zero-order chi connectivity index (χ0) is 17.6. The van der Waals surface area contributed by atoms with E-state index in [1.165, 1.54) is 0 Å². The summed E-state index contributed by atoms with van der Waals surface area (Å²) in [7, 11) is 1.93. The number of rotatable bonds is 3. The molecule has 124 valence electrons. The van der Waals surface area contributed by atoms with Crippen LogP contribution in [0.3, 0.4) is 0 Å². The van der Waals surface area contributed by atoms with E-state index < -0.39 is 0 Å². The molecule has 0 N–H and O–H groups in total. The second kappa shape index (κ2) is 7.50. The van der Waals surface area contributed by atoms with Gasteiger partial charge < -0.3 is 9.30 Å². The molecule has 0 atom stereocenters. The van der Waals surface area contributed by atoms with Gasteiger partial charge >= 0.3 is 5.97 Å². The van der Waals surface area contributed by atoms with Gasteiger partial charge in [0.05, 0.1) is 18.4 Å². The maximum Gasteiger partial charge on any atom is 0.338 e. The Morgan fingerprint density at radius 3 is 2.48 bits per heavy atom. The van der Waals surface area contributed by atoms with Crippen molar-refractivity contribution in [3.8, 4) is 23.2 Å². The van der Waals surface area contributed by atoms with Crippen LogP contribution in [0.4, 0.5) is 0 Å². The number of hydrogen-bond donors (Lipinski definition) is 0. The Kier molecular flexibility index (Phi) is 4.96. The molecule has 0 bridgehead atoms. The summed E-state index contributed by atoms with van der Waals surface area (Å²) in [6.07, 6.45) is 1.75. The van der Waals surface area contributed by atoms with Gasteiger partial charge in [0.2, 0.25) is 0 Å².